The van der Waals surface area contributed by atoms with E-state index < -0.39 is 0 Å². The van der Waals surface area contributed by atoms with Gasteiger partial charge in [0, 0.05) is 55.7 Å². The number of rotatable bonds is 4. The Hall–Kier alpha value is -2.30. The quantitative estimate of drug-likeness (QED) is 0.780. The van der Waals surface area contributed by atoms with Gasteiger partial charge in [0.15, 0.2) is 0 Å². The number of piperidine rings is 2. The van der Waals surface area contributed by atoms with E-state index in [9.17, 15) is 9.59 Å². The van der Waals surface area contributed by atoms with Gasteiger partial charge in [-0.15, -0.1) is 0 Å². The summed E-state index contributed by atoms with van der Waals surface area (Å²) in [6.45, 7) is 8.46. The van der Waals surface area contributed by atoms with E-state index in [4.69, 9.17) is 0 Å². The molecule has 5 heteroatoms. The molecule has 2 aromatic rings. The molecule has 2 fully saturated rings. The standard InChI is InChI=1S/C24H33N3O2/c1-18(2)16-27-17-21(20-8-4-5-9-22(20)27)24(29)26-14-10-19(11-15-26)23(28)25-12-6-3-7-13-25/h4-5,8-9,17-19H,3,6-7,10-16H2,1-2H3. The van der Waals surface area contributed by atoms with Crippen LogP contribution in [0.2, 0.25) is 0 Å². The Balaban J connectivity index is 1.45. The first-order chi connectivity index (χ1) is 14.0. The number of carbonyl (C=O) groups is 2. The van der Waals surface area contributed by atoms with Crippen LogP contribution in [0.4, 0.5) is 0 Å². The van der Waals surface area contributed by atoms with Crippen LogP contribution >= 0.6 is 0 Å². The lowest BCUT2D eigenvalue weighted by Gasteiger charge is -2.35. The van der Waals surface area contributed by atoms with Crippen LogP contribution in [0.5, 0.6) is 0 Å². The molecule has 2 aliphatic rings. The number of hydrogen-bond acceptors (Lipinski definition) is 2. The van der Waals surface area contributed by atoms with Crippen LogP contribution in [0.3, 0.4) is 0 Å². The Morgan fingerprint density at radius 2 is 1.66 bits per heavy atom. The summed E-state index contributed by atoms with van der Waals surface area (Å²) in [5.74, 6) is 1.02. The van der Waals surface area contributed by atoms with Gasteiger partial charge in [0.05, 0.1) is 5.56 Å². The van der Waals surface area contributed by atoms with E-state index in [0.29, 0.717) is 24.9 Å². The molecule has 0 aliphatic carbocycles. The van der Waals surface area contributed by atoms with E-state index in [1.807, 2.05) is 34.2 Å². The van der Waals surface area contributed by atoms with Gasteiger partial charge >= 0.3 is 0 Å². The molecule has 2 amide bonds. The molecule has 0 unspecified atom stereocenters. The topological polar surface area (TPSA) is 45.6 Å². The molecule has 4 rings (SSSR count). The summed E-state index contributed by atoms with van der Waals surface area (Å²) < 4.78 is 2.21. The zero-order chi connectivity index (χ0) is 20.4. The average Bonchev–Trinajstić information content (AvgIpc) is 3.11. The maximum atomic E-state index is 13.3. The third kappa shape index (κ3) is 4.19. The van der Waals surface area contributed by atoms with E-state index in [0.717, 1.165) is 61.8 Å². The number of nitrogens with zero attached hydrogens (tertiary/aromatic N) is 3. The van der Waals surface area contributed by atoms with E-state index in [-0.39, 0.29) is 11.8 Å². The van der Waals surface area contributed by atoms with Crippen LogP contribution in [0.15, 0.2) is 30.5 Å². The van der Waals surface area contributed by atoms with Crippen molar-refractivity contribution in [1.82, 2.24) is 14.4 Å². The lowest BCUT2D eigenvalue weighted by atomic mass is 9.94. The second-order valence-corrected chi connectivity index (χ2v) is 9.06. The van der Waals surface area contributed by atoms with E-state index in [1.54, 1.807) is 0 Å². The predicted molar refractivity (Wildman–Crippen MR) is 116 cm³/mol. The summed E-state index contributed by atoms with van der Waals surface area (Å²) in [7, 11) is 0. The highest BCUT2D eigenvalue weighted by Gasteiger charge is 2.31. The first-order valence-electron chi connectivity index (χ1n) is 11.2. The van der Waals surface area contributed by atoms with Crippen LogP contribution in [0, 0.1) is 11.8 Å². The molecule has 0 N–H and O–H groups in total. The number of fused-ring (bicyclic) bond motifs is 1. The summed E-state index contributed by atoms with van der Waals surface area (Å²) >= 11 is 0. The maximum absolute atomic E-state index is 13.3. The molecule has 0 radical (unpaired) electrons. The number of carbonyl (C=O) groups excluding carboxylic acids is 2. The zero-order valence-corrected chi connectivity index (χ0v) is 17.8. The third-order valence-electron chi connectivity index (χ3n) is 6.38. The molecule has 1 aromatic heterocycles. The van der Waals surface area contributed by atoms with Crippen molar-refractivity contribution in [3.8, 4) is 0 Å². The molecule has 0 saturated carbocycles. The van der Waals surface area contributed by atoms with Gasteiger partial charge < -0.3 is 14.4 Å². The van der Waals surface area contributed by atoms with Crippen LogP contribution in [0.1, 0.15) is 56.3 Å². The Bertz CT molecular complexity index is 871. The summed E-state index contributed by atoms with van der Waals surface area (Å²) in [6.07, 6.45) is 7.09. The summed E-state index contributed by atoms with van der Waals surface area (Å²) in [5.41, 5.74) is 1.92. The molecule has 0 bridgehead atoms. The minimum atomic E-state index is 0.0828. The smallest absolute Gasteiger partial charge is 0.256 e. The highest BCUT2D eigenvalue weighted by molar-refractivity contribution is 6.07. The van der Waals surface area contributed by atoms with Crippen molar-refractivity contribution >= 4 is 22.7 Å². The van der Waals surface area contributed by atoms with Crippen molar-refractivity contribution < 1.29 is 9.59 Å². The maximum Gasteiger partial charge on any atom is 0.256 e. The minimum absolute atomic E-state index is 0.0828. The first kappa shape index (κ1) is 20.0. The van der Waals surface area contributed by atoms with Gasteiger partial charge in [-0.1, -0.05) is 32.0 Å². The Morgan fingerprint density at radius 3 is 2.34 bits per heavy atom. The second kappa shape index (κ2) is 8.60. The molecule has 0 atom stereocenters. The van der Waals surface area contributed by atoms with Crippen molar-refractivity contribution in [2.24, 2.45) is 11.8 Å². The lowest BCUT2D eigenvalue weighted by molar-refractivity contribution is -0.137. The molecule has 29 heavy (non-hydrogen) atoms. The van der Waals surface area contributed by atoms with Crippen molar-refractivity contribution in [2.75, 3.05) is 26.2 Å². The molecule has 5 nitrogen and oxygen atoms in total. The summed E-state index contributed by atoms with van der Waals surface area (Å²) in [4.78, 5) is 30.1. The van der Waals surface area contributed by atoms with Crippen molar-refractivity contribution in [3.63, 3.8) is 0 Å². The Labute approximate surface area is 173 Å². The molecule has 1 aromatic carbocycles. The molecule has 3 heterocycles. The number of amides is 2. The van der Waals surface area contributed by atoms with Crippen LogP contribution < -0.4 is 0 Å². The lowest BCUT2D eigenvalue weighted by Crippen LogP contribution is -2.45. The van der Waals surface area contributed by atoms with Gasteiger partial charge in [0.25, 0.3) is 5.91 Å². The van der Waals surface area contributed by atoms with E-state index in [1.165, 1.54) is 6.42 Å². The fraction of sp³-hybridized carbons (Fsp3) is 0.583. The zero-order valence-electron chi connectivity index (χ0n) is 17.8. The van der Waals surface area contributed by atoms with Crippen molar-refractivity contribution in [2.45, 2.75) is 52.5 Å². The molecule has 2 saturated heterocycles. The predicted octanol–water partition coefficient (Wildman–Crippen LogP) is 4.16. The van der Waals surface area contributed by atoms with Crippen LogP contribution in [-0.4, -0.2) is 52.4 Å². The number of benzene rings is 1. The molecule has 0 spiro atoms. The fourth-order valence-electron chi connectivity index (χ4n) is 4.83. The van der Waals surface area contributed by atoms with Crippen molar-refractivity contribution in [1.29, 1.82) is 0 Å². The van der Waals surface area contributed by atoms with Gasteiger partial charge in [-0.25, -0.2) is 0 Å². The third-order valence-corrected chi connectivity index (χ3v) is 6.38. The number of likely N-dealkylation sites (tertiary alicyclic amines) is 2. The summed E-state index contributed by atoms with van der Waals surface area (Å²) in [6, 6.07) is 8.18. The largest absolute Gasteiger partial charge is 0.346 e. The fourth-order valence-corrected chi connectivity index (χ4v) is 4.83. The highest BCUT2D eigenvalue weighted by atomic mass is 16.2. The first-order valence-corrected chi connectivity index (χ1v) is 11.2. The molecular formula is C24H33N3O2. The van der Waals surface area contributed by atoms with Gasteiger partial charge in [-0.05, 0) is 44.1 Å². The number of para-hydroxylation sites is 1. The van der Waals surface area contributed by atoms with Gasteiger partial charge in [-0.2, -0.15) is 0 Å². The van der Waals surface area contributed by atoms with Crippen LogP contribution in [-0.2, 0) is 11.3 Å². The summed E-state index contributed by atoms with van der Waals surface area (Å²) in [5, 5.41) is 1.03. The van der Waals surface area contributed by atoms with Gasteiger partial charge in [-0.3, -0.25) is 9.59 Å². The van der Waals surface area contributed by atoms with Crippen LogP contribution in [0.25, 0.3) is 10.9 Å². The minimum Gasteiger partial charge on any atom is -0.346 e. The number of aromatic nitrogens is 1. The van der Waals surface area contributed by atoms with Crippen molar-refractivity contribution in [3.05, 3.63) is 36.0 Å². The van der Waals surface area contributed by atoms with Gasteiger partial charge in [0.2, 0.25) is 5.91 Å². The average molecular weight is 396 g/mol. The van der Waals surface area contributed by atoms with Gasteiger partial charge in [0.1, 0.15) is 0 Å². The van der Waals surface area contributed by atoms with E-state index >= 15 is 0 Å². The molecular weight excluding hydrogens is 362 g/mol. The molecule has 156 valence electrons. The normalized spacial score (nSPS) is 18.6. The monoisotopic (exact) mass is 395 g/mol. The van der Waals surface area contributed by atoms with E-state index in [2.05, 4.69) is 24.5 Å². The Morgan fingerprint density at radius 1 is 0.966 bits per heavy atom. The molecule has 2 aliphatic heterocycles. The second-order valence-electron chi connectivity index (χ2n) is 9.06. The Kier molecular flexibility index (Phi) is 5.93. The highest BCUT2D eigenvalue weighted by Crippen LogP contribution is 2.27. The number of hydrogen-bond donors (Lipinski definition) is 0. The SMILES string of the molecule is CC(C)Cn1cc(C(=O)N2CCC(C(=O)N3CCCCC3)CC2)c2ccccc21.